The summed E-state index contributed by atoms with van der Waals surface area (Å²) in [5.41, 5.74) is -2.95. The number of halogens is 3. The highest BCUT2D eigenvalue weighted by atomic mass is 19.4. The second-order valence-electron chi connectivity index (χ2n) is 5.73. The van der Waals surface area contributed by atoms with Gasteiger partial charge in [-0.15, -0.1) is 0 Å². The van der Waals surface area contributed by atoms with E-state index in [1.54, 1.807) is 36.5 Å². The number of nitrogens with one attached hydrogen (secondary N) is 2. The van der Waals surface area contributed by atoms with Gasteiger partial charge in [-0.3, -0.25) is 4.79 Å². The molecule has 1 aromatic heterocycles. The number of ether oxygens (including phenoxy) is 2. The topological polar surface area (TPSA) is 89.5 Å². The van der Waals surface area contributed by atoms with E-state index in [-0.39, 0.29) is 11.6 Å². The van der Waals surface area contributed by atoms with Crippen LogP contribution >= 0.6 is 0 Å². The summed E-state index contributed by atoms with van der Waals surface area (Å²) in [5.74, 6) is -2.93. The lowest BCUT2D eigenvalue weighted by atomic mass is 10.1. The van der Waals surface area contributed by atoms with Gasteiger partial charge in [-0.25, -0.2) is 9.78 Å². The molecule has 28 heavy (non-hydrogen) atoms. The number of aromatic nitrogens is 1. The zero-order valence-electron chi connectivity index (χ0n) is 15.0. The van der Waals surface area contributed by atoms with Crippen LogP contribution in [0, 0.1) is 6.92 Å². The maximum atomic E-state index is 13.9. The van der Waals surface area contributed by atoms with Crippen LogP contribution < -0.4 is 15.4 Å². The van der Waals surface area contributed by atoms with Crippen LogP contribution in [0.25, 0.3) is 0 Å². The standard InChI is InChI=1S/C18H18F3N3O4/c1-12-8-9-22-14(10-12)23-17(16(26)27-2,18(19,20)21)24-15(25)11-28-13-6-4-3-5-7-13/h3-10H,11H2,1-2H3,(H,22,23)(H,24,25). The number of rotatable bonds is 7. The van der Waals surface area contributed by atoms with Crippen LogP contribution in [0.4, 0.5) is 19.0 Å². The molecule has 2 aromatic rings. The summed E-state index contributed by atoms with van der Waals surface area (Å²) in [7, 11) is 0.779. The average Bonchev–Trinajstić information content (AvgIpc) is 2.65. The molecular formula is C18H18F3N3O4. The summed E-state index contributed by atoms with van der Waals surface area (Å²) in [6.45, 7) is 0.883. The molecule has 2 N–H and O–H groups in total. The smallest absolute Gasteiger partial charge is 0.441 e. The third-order valence-corrected chi connectivity index (χ3v) is 3.59. The highest BCUT2D eigenvalue weighted by Crippen LogP contribution is 2.32. The summed E-state index contributed by atoms with van der Waals surface area (Å²) in [6, 6.07) is 10.9. The molecule has 0 bridgehead atoms. The number of hydrogen-bond acceptors (Lipinski definition) is 6. The van der Waals surface area contributed by atoms with Crippen molar-refractivity contribution < 1.29 is 32.2 Å². The number of benzene rings is 1. The molecule has 0 aliphatic rings. The second-order valence-corrected chi connectivity index (χ2v) is 5.73. The number of nitrogens with zero attached hydrogens (tertiary/aromatic N) is 1. The molecule has 150 valence electrons. The number of pyridine rings is 1. The highest BCUT2D eigenvalue weighted by molar-refractivity contribution is 5.91. The Kier molecular flexibility index (Phi) is 6.45. The average molecular weight is 397 g/mol. The lowest BCUT2D eigenvalue weighted by Gasteiger charge is -2.34. The summed E-state index contributed by atoms with van der Waals surface area (Å²) < 4.78 is 51.1. The number of hydrogen-bond donors (Lipinski definition) is 2. The summed E-state index contributed by atoms with van der Waals surface area (Å²) in [5, 5.41) is 3.60. The van der Waals surface area contributed by atoms with Gasteiger partial charge in [0, 0.05) is 6.20 Å². The first kappa shape index (κ1) is 21.0. The van der Waals surface area contributed by atoms with Gasteiger partial charge in [-0.2, -0.15) is 13.2 Å². The summed E-state index contributed by atoms with van der Waals surface area (Å²) in [4.78, 5) is 28.0. The molecule has 1 amide bonds. The largest absolute Gasteiger partial charge is 0.484 e. The predicted octanol–water partition coefficient (Wildman–Crippen LogP) is 2.43. The van der Waals surface area contributed by atoms with Crippen molar-refractivity contribution in [2.75, 3.05) is 19.0 Å². The van der Waals surface area contributed by atoms with Crippen LogP contribution in [0.15, 0.2) is 48.7 Å². The number of aryl methyl sites for hydroxylation is 1. The molecule has 1 atom stereocenters. The van der Waals surface area contributed by atoms with Crippen molar-refractivity contribution in [1.82, 2.24) is 10.3 Å². The van der Waals surface area contributed by atoms with Crippen molar-refractivity contribution in [3.05, 3.63) is 54.2 Å². The minimum atomic E-state index is -5.24. The van der Waals surface area contributed by atoms with Crippen LogP contribution in [0.3, 0.4) is 0 Å². The Morgan fingerprint density at radius 3 is 2.39 bits per heavy atom. The third kappa shape index (κ3) is 4.90. The van der Waals surface area contributed by atoms with Crippen LogP contribution in [-0.2, 0) is 14.3 Å². The van der Waals surface area contributed by atoms with Crippen molar-refractivity contribution in [2.45, 2.75) is 18.8 Å². The predicted molar refractivity (Wildman–Crippen MR) is 93.5 cm³/mol. The maximum Gasteiger partial charge on any atom is 0.441 e. The molecule has 0 saturated carbocycles. The lowest BCUT2D eigenvalue weighted by molar-refractivity contribution is -0.206. The summed E-state index contributed by atoms with van der Waals surface area (Å²) in [6.07, 6.45) is -3.98. The van der Waals surface area contributed by atoms with E-state index in [0.29, 0.717) is 5.56 Å². The van der Waals surface area contributed by atoms with Gasteiger partial charge in [0.15, 0.2) is 6.61 Å². The molecule has 0 radical (unpaired) electrons. The van der Waals surface area contributed by atoms with E-state index in [1.807, 2.05) is 5.32 Å². The van der Waals surface area contributed by atoms with E-state index in [0.717, 1.165) is 7.11 Å². The number of alkyl halides is 3. The number of esters is 1. The zero-order chi connectivity index (χ0) is 20.8. The fraction of sp³-hybridized carbons (Fsp3) is 0.278. The fourth-order valence-corrected chi connectivity index (χ4v) is 2.25. The first-order valence-corrected chi connectivity index (χ1v) is 8.03. The second kappa shape index (κ2) is 8.59. The van der Waals surface area contributed by atoms with E-state index in [2.05, 4.69) is 9.72 Å². The number of para-hydroxylation sites is 1. The number of carbonyl (C=O) groups excluding carboxylic acids is 2. The molecule has 2 rings (SSSR count). The molecule has 0 aliphatic heterocycles. The molecule has 10 heteroatoms. The molecule has 1 unspecified atom stereocenters. The molecule has 1 heterocycles. The Hall–Kier alpha value is -3.30. The normalized spacial score (nSPS) is 13.2. The van der Waals surface area contributed by atoms with E-state index in [9.17, 15) is 22.8 Å². The van der Waals surface area contributed by atoms with Gasteiger partial charge in [0.05, 0.1) is 7.11 Å². The van der Waals surface area contributed by atoms with Crippen molar-refractivity contribution in [1.29, 1.82) is 0 Å². The van der Waals surface area contributed by atoms with E-state index in [4.69, 9.17) is 4.74 Å². The Balaban J connectivity index is 2.28. The van der Waals surface area contributed by atoms with Gasteiger partial charge >= 0.3 is 17.8 Å². The number of amides is 1. The first-order valence-electron chi connectivity index (χ1n) is 8.03. The molecular weight excluding hydrogens is 379 g/mol. The van der Waals surface area contributed by atoms with Crippen molar-refractivity contribution >= 4 is 17.7 Å². The van der Waals surface area contributed by atoms with E-state index < -0.39 is 30.3 Å². The Bertz CT molecular complexity index is 830. The number of anilines is 1. The fourth-order valence-electron chi connectivity index (χ4n) is 2.25. The third-order valence-electron chi connectivity index (χ3n) is 3.59. The molecule has 0 fully saturated rings. The highest BCUT2D eigenvalue weighted by Gasteiger charge is 2.63. The van der Waals surface area contributed by atoms with E-state index in [1.165, 1.54) is 24.4 Å². The van der Waals surface area contributed by atoms with Crippen LogP contribution in [-0.4, -0.2) is 42.4 Å². The van der Waals surface area contributed by atoms with Gasteiger partial charge < -0.3 is 20.1 Å². The van der Waals surface area contributed by atoms with Gasteiger partial charge in [-0.1, -0.05) is 18.2 Å². The molecule has 0 spiro atoms. The Morgan fingerprint density at radius 2 is 1.82 bits per heavy atom. The van der Waals surface area contributed by atoms with Gasteiger partial charge in [0.1, 0.15) is 11.6 Å². The van der Waals surface area contributed by atoms with Crippen LogP contribution in [0.1, 0.15) is 5.56 Å². The van der Waals surface area contributed by atoms with Crippen molar-refractivity contribution in [3.8, 4) is 5.75 Å². The zero-order valence-corrected chi connectivity index (χ0v) is 15.0. The molecule has 1 aromatic carbocycles. The van der Waals surface area contributed by atoms with Crippen LogP contribution in [0.5, 0.6) is 5.75 Å². The SMILES string of the molecule is COC(=O)C(NC(=O)COc1ccccc1)(Nc1cc(C)ccn1)C(F)(F)F. The number of methoxy groups -OCH3 is 1. The van der Waals surface area contributed by atoms with Crippen molar-refractivity contribution in [3.63, 3.8) is 0 Å². The maximum absolute atomic E-state index is 13.9. The molecule has 7 nitrogen and oxygen atoms in total. The van der Waals surface area contributed by atoms with Gasteiger partial charge in [0.2, 0.25) is 0 Å². The monoisotopic (exact) mass is 397 g/mol. The summed E-state index contributed by atoms with van der Waals surface area (Å²) >= 11 is 0. The number of carbonyl (C=O) groups is 2. The van der Waals surface area contributed by atoms with Crippen LogP contribution in [0.2, 0.25) is 0 Å². The van der Waals surface area contributed by atoms with Gasteiger partial charge in [0.25, 0.3) is 5.91 Å². The lowest BCUT2D eigenvalue weighted by Crippen LogP contribution is -2.69. The Morgan fingerprint density at radius 1 is 1.14 bits per heavy atom. The van der Waals surface area contributed by atoms with Crippen molar-refractivity contribution in [2.24, 2.45) is 0 Å². The minimum Gasteiger partial charge on any atom is -0.484 e. The minimum absolute atomic E-state index is 0.271. The molecule has 0 aliphatic carbocycles. The van der Waals surface area contributed by atoms with Gasteiger partial charge in [-0.05, 0) is 36.8 Å². The van der Waals surface area contributed by atoms with E-state index >= 15 is 0 Å². The molecule has 0 saturated heterocycles. The quantitative estimate of drug-likeness (QED) is 0.551. The first-order chi connectivity index (χ1) is 13.2. The Labute approximate surface area is 158 Å².